The minimum Gasteiger partial charge on any atom is -0.319 e. The molecule has 10 heteroatoms. The zero-order valence-corrected chi connectivity index (χ0v) is 17.1. The lowest BCUT2D eigenvalue weighted by Gasteiger charge is -2.11. The topological polar surface area (TPSA) is 77.1 Å². The number of aryl methyl sites for hydroxylation is 1. The van der Waals surface area contributed by atoms with Crippen LogP contribution in [0.3, 0.4) is 0 Å². The second-order valence-corrected chi connectivity index (χ2v) is 7.94. The number of halogens is 3. The fourth-order valence-electron chi connectivity index (χ4n) is 3.61. The van der Waals surface area contributed by atoms with Crippen molar-refractivity contribution < 1.29 is 18.0 Å². The van der Waals surface area contributed by atoms with Gasteiger partial charge in [0.1, 0.15) is 11.3 Å². The van der Waals surface area contributed by atoms with Gasteiger partial charge in [-0.05, 0) is 37.0 Å². The molecule has 32 heavy (non-hydrogen) atoms. The van der Waals surface area contributed by atoms with Crippen LogP contribution >= 0.6 is 0 Å². The van der Waals surface area contributed by atoms with Crippen LogP contribution in [0.25, 0.3) is 5.65 Å². The first-order valence-corrected chi connectivity index (χ1v) is 10.1. The van der Waals surface area contributed by atoms with Gasteiger partial charge in [-0.3, -0.25) is 9.48 Å². The number of aromatic nitrogens is 5. The molecule has 1 saturated carbocycles. The van der Waals surface area contributed by atoms with E-state index in [1.54, 1.807) is 10.9 Å². The summed E-state index contributed by atoms with van der Waals surface area (Å²) < 4.78 is 43.0. The summed E-state index contributed by atoms with van der Waals surface area (Å²) in [5.41, 5.74) is 1.92. The normalized spacial score (nSPS) is 14.1. The Morgan fingerprint density at radius 2 is 1.97 bits per heavy atom. The highest BCUT2D eigenvalue weighted by Gasteiger charge is 2.38. The first-order valence-electron chi connectivity index (χ1n) is 10.1. The molecular formula is C22H19F3N6O. The highest BCUT2D eigenvalue weighted by Crippen LogP contribution is 2.41. The monoisotopic (exact) mass is 440 g/mol. The van der Waals surface area contributed by atoms with E-state index in [0.29, 0.717) is 22.4 Å². The largest absolute Gasteiger partial charge is 0.433 e. The molecule has 3 aromatic heterocycles. The number of alkyl halides is 3. The van der Waals surface area contributed by atoms with E-state index in [1.165, 1.54) is 6.20 Å². The molecule has 0 spiro atoms. The molecule has 0 atom stereocenters. The van der Waals surface area contributed by atoms with E-state index in [1.807, 2.05) is 31.2 Å². The first-order chi connectivity index (χ1) is 15.3. The quantitative estimate of drug-likeness (QED) is 0.498. The summed E-state index contributed by atoms with van der Waals surface area (Å²) in [5, 5.41) is 10.7. The van der Waals surface area contributed by atoms with Crippen molar-refractivity contribution in [3.63, 3.8) is 0 Å². The van der Waals surface area contributed by atoms with E-state index in [4.69, 9.17) is 0 Å². The van der Waals surface area contributed by atoms with Gasteiger partial charge < -0.3 is 5.32 Å². The summed E-state index contributed by atoms with van der Waals surface area (Å²) in [6.45, 7) is 2.53. The molecule has 0 unspecified atom stereocenters. The van der Waals surface area contributed by atoms with Crippen LogP contribution in [0.5, 0.6) is 0 Å². The van der Waals surface area contributed by atoms with E-state index in [-0.39, 0.29) is 17.1 Å². The van der Waals surface area contributed by atoms with Crippen LogP contribution in [0, 0.1) is 6.92 Å². The Bertz CT molecular complexity index is 1320. The predicted molar refractivity (Wildman–Crippen MR) is 110 cm³/mol. The van der Waals surface area contributed by atoms with Gasteiger partial charge in [0.05, 0.1) is 24.6 Å². The van der Waals surface area contributed by atoms with Gasteiger partial charge >= 0.3 is 6.18 Å². The summed E-state index contributed by atoms with van der Waals surface area (Å²) in [6, 6.07) is 8.92. The van der Waals surface area contributed by atoms with E-state index >= 15 is 0 Å². The van der Waals surface area contributed by atoms with Crippen molar-refractivity contribution in [2.75, 3.05) is 5.32 Å². The molecule has 0 aliphatic heterocycles. The Kier molecular flexibility index (Phi) is 4.72. The molecule has 1 fully saturated rings. The predicted octanol–water partition coefficient (Wildman–Crippen LogP) is 4.43. The fourth-order valence-corrected chi connectivity index (χ4v) is 3.61. The number of fused-ring (bicyclic) bond motifs is 1. The number of carbonyl (C=O) groups excluding carboxylic acids is 1. The molecule has 1 amide bonds. The van der Waals surface area contributed by atoms with Crippen molar-refractivity contribution >= 4 is 17.2 Å². The van der Waals surface area contributed by atoms with Gasteiger partial charge in [-0.2, -0.15) is 23.4 Å². The van der Waals surface area contributed by atoms with Crippen LogP contribution < -0.4 is 5.32 Å². The maximum Gasteiger partial charge on any atom is 0.433 e. The lowest BCUT2D eigenvalue weighted by Crippen LogP contribution is -2.16. The number of nitrogens with zero attached hydrogens (tertiary/aromatic N) is 5. The zero-order valence-electron chi connectivity index (χ0n) is 17.1. The van der Waals surface area contributed by atoms with Gasteiger partial charge in [0.2, 0.25) is 0 Å². The third-order valence-electron chi connectivity index (χ3n) is 5.51. The van der Waals surface area contributed by atoms with Crippen LogP contribution in [0.1, 0.15) is 51.6 Å². The smallest absolute Gasteiger partial charge is 0.319 e. The van der Waals surface area contributed by atoms with E-state index in [0.717, 1.165) is 36.2 Å². The fraction of sp³-hybridized carbons (Fsp3) is 0.273. The summed E-state index contributed by atoms with van der Waals surface area (Å²) >= 11 is 0. The molecule has 0 saturated heterocycles. The number of anilines is 1. The van der Waals surface area contributed by atoms with Crippen molar-refractivity contribution in [3.8, 4) is 0 Å². The van der Waals surface area contributed by atoms with Gasteiger partial charge in [0.15, 0.2) is 5.65 Å². The molecule has 1 N–H and O–H groups in total. The lowest BCUT2D eigenvalue weighted by molar-refractivity contribution is -0.142. The highest BCUT2D eigenvalue weighted by molar-refractivity contribution is 6.08. The molecule has 0 radical (unpaired) electrons. The average Bonchev–Trinajstić information content (AvgIpc) is 3.36. The molecule has 5 rings (SSSR count). The number of hydrogen-bond acceptors (Lipinski definition) is 4. The van der Waals surface area contributed by atoms with Crippen molar-refractivity contribution in [1.82, 2.24) is 24.4 Å². The summed E-state index contributed by atoms with van der Waals surface area (Å²) in [5.74, 6) is -0.601. The molecule has 164 valence electrons. The standard InChI is InChI=1S/C22H19F3N6O/c1-13-4-2-3-5-15(13)11-30-12-16(9-26-30)28-21(32)17-10-27-31-19(22(23,24)25)8-18(14-6-7-14)29-20(17)31/h2-5,8-10,12,14H,6-7,11H2,1H3,(H,28,32). The highest BCUT2D eigenvalue weighted by atomic mass is 19.4. The summed E-state index contributed by atoms with van der Waals surface area (Å²) in [7, 11) is 0. The average molecular weight is 440 g/mol. The maximum absolute atomic E-state index is 13.5. The van der Waals surface area contributed by atoms with Crippen LogP contribution in [0.2, 0.25) is 0 Å². The van der Waals surface area contributed by atoms with Crippen molar-refractivity contribution in [1.29, 1.82) is 0 Å². The SMILES string of the molecule is Cc1ccccc1Cn1cc(NC(=O)c2cnn3c(C(F)(F)F)cc(C4CC4)nc23)cn1. The second kappa shape index (κ2) is 7.47. The Labute approximate surface area is 180 Å². The first kappa shape index (κ1) is 20.2. The summed E-state index contributed by atoms with van der Waals surface area (Å²) in [6.07, 6.45) is 1.24. The lowest BCUT2D eigenvalue weighted by atomic mass is 10.1. The van der Waals surface area contributed by atoms with Crippen LogP contribution in [-0.4, -0.2) is 30.3 Å². The maximum atomic E-state index is 13.5. The van der Waals surface area contributed by atoms with Crippen LogP contribution in [-0.2, 0) is 12.7 Å². The second-order valence-electron chi connectivity index (χ2n) is 7.94. The molecule has 1 aliphatic carbocycles. The Hall–Kier alpha value is -3.69. The number of nitrogens with one attached hydrogen (secondary N) is 1. The van der Waals surface area contributed by atoms with Gasteiger partial charge in [-0.15, -0.1) is 0 Å². The number of rotatable bonds is 5. The molecule has 7 nitrogen and oxygen atoms in total. The molecule has 4 aromatic rings. The molecule has 1 aliphatic rings. The number of hydrogen-bond donors (Lipinski definition) is 1. The van der Waals surface area contributed by atoms with Gasteiger partial charge in [0.25, 0.3) is 5.91 Å². The third kappa shape index (κ3) is 3.83. The van der Waals surface area contributed by atoms with E-state index in [2.05, 4.69) is 20.5 Å². The Morgan fingerprint density at radius 1 is 1.19 bits per heavy atom. The number of amides is 1. The summed E-state index contributed by atoms with van der Waals surface area (Å²) in [4.78, 5) is 17.2. The van der Waals surface area contributed by atoms with Crippen molar-refractivity contribution in [2.24, 2.45) is 0 Å². The van der Waals surface area contributed by atoms with E-state index in [9.17, 15) is 18.0 Å². The molecule has 0 bridgehead atoms. The minimum absolute atomic E-state index is 0.00779. The molecular weight excluding hydrogens is 421 g/mol. The molecule has 1 aromatic carbocycles. The van der Waals surface area contributed by atoms with Crippen LogP contribution in [0.15, 0.2) is 48.9 Å². The Morgan fingerprint density at radius 3 is 2.69 bits per heavy atom. The number of carbonyl (C=O) groups is 1. The minimum atomic E-state index is -4.61. The molecule has 3 heterocycles. The van der Waals surface area contributed by atoms with Gasteiger partial charge in [-0.25, -0.2) is 9.50 Å². The third-order valence-corrected chi connectivity index (χ3v) is 5.51. The van der Waals surface area contributed by atoms with Gasteiger partial charge in [-0.1, -0.05) is 24.3 Å². The van der Waals surface area contributed by atoms with Gasteiger partial charge in [0, 0.05) is 17.8 Å². The van der Waals surface area contributed by atoms with E-state index < -0.39 is 17.8 Å². The number of benzene rings is 1. The van der Waals surface area contributed by atoms with Crippen molar-refractivity contribution in [2.45, 2.75) is 38.4 Å². The zero-order chi connectivity index (χ0) is 22.5. The van der Waals surface area contributed by atoms with Crippen LogP contribution in [0.4, 0.5) is 18.9 Å². The Balaban J connectivity index is 1.42. The van der Waals surface area contributed by atoms with Crippen molar-refractivity contribution in [3.05, 3.63) is 77.0 Å².